The van der Waals surface area contributed by atoms with Gasteiger partial charge in [0.1, 0.15) is 16.5 Å². The van der Waals surface area contributed by atoms with Gasteiger partial charge in [0.15, 0.2) is 5.82 Å². The van der Waals surface area contributed by atoms with Crippen LogP contribution in [0.5, 0.6) is 5.75 Å². The van der Waals surface area contributed by atoms with Gasteiger partial charge in [-0.2, -0.15) is 0 Å². The highest BCUT2D eigenvalue weighted by Crippen LogP contribution is 2.29. The Morgan fingerprint density at radius 2 is 2.00 bits per heavy atom. The molecular formula is C22H24N4O5S. The van der Waals surface area contributed by atoms with Crippen molar-refractivity contribution in [3.8, 4) is 17.1 Å². The van der Waals surface area contributed by atoms with E-state index in [4.69, 9.17) is 9.84 Å². The van der Waals surface area contributed by atoms with Crippen molar-refractivity contribution in [3.63, 3.8) is 0 Å². The third-order valence-corrected chi connectivity index (χ3v) is 6.76. The second-order valence-corrected chi connectivity index (χ2v) is 9.29. The molecule has 0 saturated heterocycles. The van der Waals surface area contributed by atoms with Gasteiger partial charge in [-0.25, -0.2) is 8.42 Å². The number of carbonyl (C=O) groups is 1. The Bertz CT molecular complexity index is 1250. The summed E-state index contributed by atoms with van der Waals surface area (Å²) in [4.78, 5) is 10.9. The van der Waals surface area contributed by atoms with Gasteiger partial charge in [0.05, 0.1) is 13.5 Å². The molecular weight excluding hydrogens is 432 g/mol. The van der Waals surface area contributed by atoms with E-state index in [0.29, 0.717) is 17.1 Å². The molecule has 0 spiro atoms. The van der Waals surface area contributed by atoms with Gasteiger partial charge in [0, 0.05) is 24.2 Å². The van der Waals surface area contributed by atoms with Gasteiger partial charge < -0.3 is 14.4 Å². The lowest BCUT2D eigenvalue weighted by Gasteiger charge is -2.14. The average Bonchev–Trinajstić information content (AvgIpc) is 3.01. The van der Waals surface area contributed by atoms with E-state index in [-0.39, 0.29) is 17.1 Å². The quantitative estimate of drug-likeness (QED) is 0.560. The summed E-state index contributed by atoms with van der Waals surface area (Å²) < 4.78 is 36.1. The molecule has 10 heteroatoms. The number of ether oxygens (including phenoxy) is 1. The first-order valence-corrected chi connectivity index (χ1v) is 11.8. The van der Waals surface area contributed by atoms with Crippen LogP contribution in [0.15, 0.2) is 47.4 Å². The van der Waals surface area contributed by atoms with Crippen LogP contribution in [0, 0.1) is 0 Å². The van der Waals surface area contributed by atoms with E-state index in [1.54, 1.807) is 18.2 Å². The summed E-state index contributed by atoms with van der Waals surface area (Å²) in [7, 11) is -2.67. The Morgan fingerprint density at radius 3 is 2.78 bits per heavy atom. The van der Waals surface area contributed by atoms with Crippen LogP contribution in [0.25, 0.3) is 11.4 Å². The van der Waals surface area contributed by atoms with Crippen LogP contribution in [-0.4, -0.2) is 41.4 Å². The standard InChI is InChI=1S/C22H24N4O5S/c1-31-18-10-9-15(13-21(27)28)12-19(18)32(29,30)25-17-7-5-6-16(14-17)22-24-23-20-8-3-2-4-11-26(20)22/h5-7,9-10,12,14,25H,2-4,8,11,13H2,1H3,(H,27,28). The van der Waals surface area contributed by atoms with Crippen LogP contribution < -0.4 is 9.46 Å². The number of carboxylic acid groups (broad SMARTS) is 1. The molecule has 3 aromatic rings. The Kier molecular flexibility index (Phi) is 6.13. The van der Waals surface area contributed by atoms with Crippen LogP contribution >= 0.6 is 0 Å². The maximum absolute atomic E-state index is 13.1. The number of methoxy groups -OCH3 is 1. The number of nitrogens with zero attached hydrogens (tertiary/aromatic N) is 3. The molecule has 9 nitrogen and oxygen atoms in total. The number of benzene rings is 2. The zero-order chi connectivity index (χ0) is 22.7. The summed E-state index contributed by atoms with van der Waals surface area (Å²) in [5.41, 5.74) is 1.48. The first-order chi connectivity index (χ1) is 15.4. The summed E-state index contributed by atoms with van der Waals surface area (Å²) in [5.74, 6) is 0.740. The highest BCUT2D eigenvalue weighted by molar-refractivity contribution is 7.92. The van der Waals surface area contributed by atoms with Gasteiger partial charge in [0.25, 0.3) is 10.0 Å². The molecule has 0 fully saturated rings. The number of carboxylic acids is 1. The molecule has 0 unspecified atom stereocenters. The number of aryl methyl sites for hydroxylation is 1. The Labute approximate surface area is 186 Å². The Balaban J connectivity index is 1.66. The minimum atomic E-state index is -4.03. The molecule has 1 aromatic heterocycles. The fourth-order valence-corrected chi connectivity index (χ4v) is 5.12. The molecule has 0 radical (unpaired) electrons. The summed E-state index contributed by atoms with van der Waals surface area (Å²) in [6.45, 7) is 0.835. The van der Waals surface area contributed by atoms with Gasteiger partial charge in [-0.05, 0) is 42.7 Å². The molecule has 0 aliphatic carbocycles. The van der Waals surface area contributed by atoms with Crippen molar-refractivity contribution in [2.45, 2.75) is 43.5 Å². The van der Waals surface area contributed by atoms with E-state index in [9.17, 15) is 13.2 Å². The molecule has 2 heterocycles. The molecule has 0 bridgehead atoms. The first kappa shape index (κ1) is 21.8. The zero-order valence-electron chi connectivity index (χ0n) is 17.6. The second kappa shape index (κ2) is 8.99. The molecule has 1 aliphatic rings. The molecule has 1 aliphatic heterocycles. The van der Waals surface area contributed by atoms with Crippen molar-refractivity contribution in [2.75, 3.05) is 11.8 Å². The van der Waals surface area contributed by atoms with Gasteiger partial charge in [-0.15, -0.1) is 10.2 Å². The van der Waals surface area contributed by atoms with Crippen molar-refractivity contribution in [3.05, 3.63) is 53.9 Å². The van der Waals surface area contributed by atoms with Gasteiger partial charge in [-0.3, -0.25) is 9.52 Å². The highest BCUT2D eigenvalue weighted by atomic mass is 32.2. The zero-order valence-corrected chi connectivity index (χ0v) is 18.4. The largest absolute Gasteiger partial charge is 0.495 e. The number of rotatable bonds is 7. The van der Waals surface area contributed by atoms with Crippen molar-refractivity contribution < 1.29 is 23.1 Å². The Morgan fingerprint density at radius 1 is 1.16 bits per heavy atom. The van der Waals surface area contributed by atoms with Crippen LogP contribution in [0.2, 0.25) is 0 Å². The number of fused-ring (bicyclic) bond motifs is 1. The van der Waals surface area contributed by atoms with E-state index in [1.807, 2.05) is 6.07 Å². The summed E-state index contributed by atoms with van der Waals surface area (Å²) in [5, 5.41) is 17.7. The predicted molar refractivity (Wildman–Crippen MR) is 118 cm³/mol. The molecule has 168 valence electrons. The Hall–Kier alpha value is -3.40. The molecule has 2 N–H and O–H groups in total. The summed E-state index contributed by atoms with van der Waals surface area (Å²) in [6, 6.07) is 11.3. The number of sulfonamides is 1. The highest BCUT2D eigenvalue weighted by Gasteiger charge is 2.22. The second-order valence-electron chi connectivity index (χ2n) is 7.64. The maximum atomic E-state index is 13.1. The van der Waals surface area contributed by atoms with E-state index in [1.165, 1.54) is 25.3 Å². The number of nitrogens with one attached hydrogen (secondary N) is 1. The fraction of sp³-hybridized carbons (Fsp3) is 0.318. The number of anilines is 1. The molecule has 0 atom stereocenters. The van der Waals surface area contributed by atoms with Crippen molar-refractivity contribution >= 4 is 21.7 Å². The minimum Gasteiger partial charge on any atom is -0.495 e. The first-order valence-electron chi connectivity index (χ1n) is 10.3. The third kappa shape index (κ3) is 4.59. The third-order valence-electron chi connectivity index (χ3n) is 5.36. The van der Waals surface area contributed by atoms with Crippen molar-refractivity contribution in [2.24, 2.45) is 0 Å². The van der Waals surface area contributed by atoms with E-state index in [2.05, 4.69) is 19.5 Å². The average molecular weight is 457 g/mol. The molecule has 2 aromatic carbocycles. The van der Waals surface area contributed by atoms with Crippen molar-refractivity contribution in [1.82, 2.24) is 14.8 Å². The minimum absolute atomic E-state index is 0.125. The fourth-order valence-electron chi connectivity index (χ4n) is 3.85. The topological polar surface area (TPSA) is 123 Å². The molecule has 4 rings (SSSR count). The number of aliphatic carboxylic acids is 1. The van der Waals surface area contributed by atoms with Gasteiger partial charge in [-0.1, -0.05) is 24.6 Å². The summed E-state index contributed by atoms with van der Waals surface area (Å²) in [6.07, 6.45) is 3.87. The van der Waals surface area contributed by atoms with Crippen LogP contribution in [0.1, 0.15) is 30.7 Å². The van der Waals surface area contributed by atoms with Crippen LogP contribution in [-0.2, 0) is 34.2 Å². The molecule has 32 heavy (non-hydrogen) atoms. The lowest BCUT2D eigenvalue weighted by atomic mass is 10.1. The lowest BCUT2D eigenvalue weighted by molar-refractivity contribution is -0.136. The SMILES string of the molecule is COc1ccc(CC(=O)O)cc1S(=O)(=O)Nc1cccc(-c2nnc3n2CCCCC3)c1. The van der Waals surface area contributed by atoms with Crippen LogP contribution in [0.4, 0.5) is 5.69 Å². The maximum Gasteiger partial charge on any atom is 0.307 e. The monoisotopic (exact) mass is 456 g/mol. The van der Waals surface area contributed by atoms with Gasteiger partial charge in [0.2, 0.25) is 0 Å². The normalized spacial score (nSPS) is 13.8. The smallest absolute Gasteiger partial charge is 0.307 e. The van der Waals surface area contributed by atoms with E-state index >= 15 is 0 Å². The van der Waals surface area contributed by atoms with Gasteiger partial charge >= 0.3 is 5.97 Å². The van der Waals surface area contributed by atoms with E-state index < -0.39 is 16.0 Å². The lowest BCUT2D eigenvalue weighted by Crippen LogP contribution is -2.15. The number of hydrogen-bond acceptors (Lipinski definition) is 6. The molecule has 0 amide bonds. The van der Waals surface area contributed by atoms with Crippen LogP contribution in [0.3, 0.4) is 0 Å². The predicted octanol–water partition coefficient (Wildman–Crippen LogP) is 3.11. The van der Waals surface area contributed by atoms with E-state index in [0.717, 1.165) is 43.6 Å². The van der Waals surface area contributed by atoms with Crippen molar-refractivity contribution in [1.29, 1.82) is 0 Å². The molecule has 0 saturated carbocycles. The number of hydrogen-bond donors (Lipinski definition) is 2. The summed E-state index contributed by atoms with van der Waals surface area (Å²) >= 11 is 0. The number of aromatic nitrogens is 3.